The average Bonchev–Trinajstić information content (AvgIpc) is 2.56. The SMILES string of the molecule is CCC(=CNc1ccccc1)C(=O)Oc1cccc(OC)c1. The summed E-state index contributed by atoms with van der Waals surface area (Å²) in [5.41, 5.74) is 1.48. The highest BCUT2D eigenvalue weighted by molar-refractivity contribution is 5.90. The van der Waals surface area contributed by atoms with Crippen molar-refractivity contribution in [2.75, 3.05) is 12.4 Å². The van der Waals surface area contributed by atoms with Crippen LogP contribution in [0.25, 0.3) is 0 Å². The lowest BCUT2D eigenvalue weighted by atomic mass is 10.2. The normalized spacial score (nSPS) is 10.9. The number of methoxy groups -OCH3 is 1. The summed E-state index contributed by atoms with van der Waals surface area (Å²) in [6.07, 6.45) is 2.25. The van der Waals surface area contributed by atoms with Crippen LogP contribution in [0.4, 0.5) is 5.69 Å². The van der Waals surface area contributed by atoms with Gasteiger partial charge in [-0.15, -0.1) is 0 Å². The van der Waals surface area contributed by atoms with Crippen molar-refractivity contribution in [2.24, 2.45) is 0 Å². The van der Waals surface area contributed by atoms with E-state index in [4.69, 9.17) is 9.47 Å². The van der Waals surface area contributed by atoms with Crippen LogP contribution in [0, 0.1) is 0 Å². The first kappa shape index (κ1) is 15.6. The second-order valence-corrected chi connectivity index (χ2v) is 4.60. The first-order chi connectivity index (χ1) is 10.7. The maximum atomic E-state index is 12.2. The van der Waals surface area contributed by atoms with Gasteiger partial charge in [-0.05, 0) is 30.7 Å². The van der Waals surface area contributed by atoms with Crippen molar-refractivity contribution in [3.8, 4) is 11.5 Å². The number of para-hydroxylation sites is 1. The lowest BCUT2D eigenvalue weighted by Crippen LogP contribution is -2.12. The van der Waals surface area contributed by atoms with Crippen LogP contribution in [0.1, 0.15) is 13.3 Å². The summed E-state index contributed by atoms with van der Waals surface area (Å²) >= 11 is 0. The summed E-state index contributed by atoms with van der Waals surface area (Å²) in [5, 5.41) is 3.10. The van der Waals surface area contributed by atoms with Gasteiger partial charge in [0, 0.05) is 18.0 Å². The van der Waals surface area contributed by atoms with Crippen LogP contribution in [0.3, 0.4) is 0 Å². The monoisotopic (exact) mass is 297 g/mol. The fraction of sp³-hybridized carbons (Fsp3) is 0.167. The zero-order valence-electron chi connectivity index (χ0n) is 12.7. The van der Waals surface area contributed by atoms with Crippen LogP contribution in [0.2, 0.25) is 0 Å². The third kappa shape index (κ3) is 4.38. The molecule has 0 aliphatic heterocycles. The molecule has 2 aromatic carbocycles. The highest BCUT2D eigenvalue weighted by atomic mass is 16.5. The molecule has 22 heavy (non-hydrogen) atoms. The number of benzene rings is 2. The van der Waals surface area contributed by atoms with Crippen molar-refractivity contribution in [1.29, 1.82) is 0 Å². The van der Waals surface area contributed by atoms with Crippen LogP contribution in [-0.4, -0.2) is 13.1 Å². The molecule has 4 heteroatoms. The van der Waals surface area contributed by atoms with Gasteiger partial charge in [0.2, 0.25) is 0 Å². The molecular formula is C18H19NO3. The summed E-state index contributed by atoms with van der Waals surface area (Å²) in [6.45, 7) is 1.91. The molecule has 0 fully saturated rings. The van der Waals surface area contributed by atoms with Gasteiger partial charge in [-0.1, -0.05) is 31.2 Å². The number of esters is 1. The van der Waals surface area contributed by atoms with Crippen LogP contribution in [-0.2, 0) is 4.79 Å². The van der Waals surface area contributed by atoms with Gasteiger partial charge < -0.3 is 14.8 Å². The molecule has 0 aliphatic carbocycles. The molecule has 0 bridgehead atoms. The summed E-state index contributed by atoms with van der Waals surface area (Å²) in [4.78, 5) is 12.2. The highest BCUT2D eigenvalue weighted by Crippen LogP contribution is 2.20. The number of hydrogen-bond donors (Lipinski definition) is 1. The van der Waals surface area contributed by atoms with Crippen LogP contribution in [0.5, 0.6) is 11.5 Å². The van der Waals surface area contributed by atoms with E-state index in [1.807, 2.05) is 37.3 Å². The molecule has 2 aromatic rings. The van der Waals surface area contributed by atoms with E-state index in [9.17, 15) is 4.79 Å². The molecular weight excluding hydrogens is 278 g/mol. The summed E-state index contributed by atoms with van der Waals surface area (Å²) in [5.74, 6) is 0.734. The molecule has 0 saturated heterocycles. The molecule has 0 aromatic heterocycles. The fourth-order valence-electron chi connectivity index (χ4n) is 1.85. The van der Waals surface area contributed by atoms with Gasteiger partial charge in [0.1, 0.15) is 11.5 Å². The second kappa shape index (κ2) is 7.88. The molecule has 0 atom stereocenters. The van der Waals surface area contributed by atoms with Crippen LogP contribution >= 0.6 is 0 Å². The summed E-state index contributed by atoms with van der Waals surface area (Å²) in [7, 11) is 1.57. The number of ether oxygens (including phenoxy) is 2. The van der Waals surface area contributed by atoms with E-state index in [0.29, 0.717) is 23.5 Å². The van der Waals surface area contributed by atoms with E-state index in [1.165, 1.54) is 0 Å². The molecule has 1 N–H and O–H groups in total. The van der Waals surface area contributed by atoms with Crippen molar-refractivity contribution < 1.29 is 14.3 Å². The number of nitrogens with one attached hydrogen (secondary N) is 1. The van der Waals surface area contributed by atoms with Crippen molar-refractivity contribution in [2.45, 2.75) is 13.3 Å². The van der Waals surface area contributed by atoms with Gasteiger partial charge in [0.15, 0.2) is 0 Å². The Morgan fingerprint density at radius 1 is 1.09 bits per heavy atom. The predicted octanol–water partition coefficient (Wildman–Crippen LogP) is 4.01. The Bertz CT molecular complexity index is 650. The maximum absolute atomic E-state index is 12.2. The lowest BCUT2D eigenvalue weighted by Gasteiger charge is -2.08. The third-order valence-electron chi connectivity index (χ3n) is 3.08. The summed E-state index contributed by atoms with van der Waals surface area (Å²) in [6, 6.07) is 16.6. The zero-order valence-corrected chi connectivity index (χ0v) is 12.7. The smallest absolute Gasteiger partial charge is 0.340 e. The maximum Gasteiger partial charge on any atom is 0.340 e. The van der Waals surface area contributed by atoms with Gasteiger partial charge in [0.25, 0.3) is 0 Å². The Morgan fingerprint density at radius 2 is 1.82 bits per heavy atom. The van der Waals surface area contributed by atoms with E-state index >= 15 is 0 Å². The Balaban J connectivity index is 2.05. The summed E-state index contributed by atoms with van der Waals surface area (Å²) < 4.78 is 10.5. The predicted molar refractivity (Wildman–Crippen MR) is 87.1 cm³/mol. The molecule has 2 rings (SSSR count). The minimum absolute atomic E-state index is 0.376. The number of carbonyl (C=O) groups excluding carboxylic acids is 1. The standard InChI is InChI=1S/C18H19NO3/c1-3-14(13-19-15-8-5-4-6-9-15)18(20)22-17-11-7-10-16(12-17)21-2/h4-13,19H,3H2,1-2H3. The minimum atomic E-state index is -0.376. The van der Waals surface area contributed by atoms with Crippen molar-refractivity contribution in [3.05, 3.63) is 66.4 Å². The molecule has 4 nitrogen and oxygen atoms in total. The lowest BCUT2D eigenvalue weighted by molar-refractivity contribution is -0.130. The third-order valence-corrected chi connectivity index (χ3v) is 3.08. The number of anilines is 1. The Kier molecular flexibility index (Phi) is 5.60. The topological polar surface area (TPSA) is 47.6 Å². The van der Waals surface area contributed by atoms with E-state index in [1.54, 1.807) is 37.6 Å². The molecule has 0 unspecified atom stereocenters. The van der Waals surface area contributed by atoms with Gasteiger partial charge in [-0.3, -0.25) is 0 Å². The van der Waals surface area contributed by atoms with Gasteiger partial charge in [-0.25, -0.2) is 4.79 Å². The number of carbonyl (C=O) groups is 1. The van der Waals surface area contributed by atoms with Gasteiger partial charge in [-0.2, -0.15) is 0 Å². The van der Waals surface area contributed by atoms with E-state index in [-0.39, 0.29) is 5.97 Å². The molecule has 0 saturated carbocycles. The molecule has 0 amide bonds. The van der Waals surface area contributed by atoms with Gasteiger partial charge in [0.05, 0.1) is 12.7 Å². The van der Waals surface area contributed by atoms with E-state index in [0.717, 1.165) is 5.69 Å². The van der Waals surface area contributed by atoms with E-state index < -0.39 is 0 Å². The largest absolute Gasteiger partial charge is 0.497 e. The van der Waals surface area contributed by atoms with Crippen LogP contribution < -0.4 is 14.8 Å². The molecule has 0 heterocycles. The van der Waals surface area contributed by atoms with Crippen molar-refractivity contribution in [3.63, 3.8) is 0 Å². The van der Waals surface area contributed by atoms with Crippen molar-refractivity contribution in [1.82, 2.24) is 0 Å². The average molecular weight is 297 g/mol. The zero-order chi connectivity index (χ0) is 15.8. The Labute approximate surface area is 130 Å². The Morgan fingerprint density at radius 3 is 2.50 bits per heavy atom. The molecule has 0 radical (unpaired) electrons. The molecule has 114 valence electrons. The first-order valence-electron chi connectivity index (χ1n) is 7.09. The van der Waals surface area contributed by atoms with Crippen molar-refractivity contribution >= 4 is 11.7 Å². The highest BCUT2D eigenvalue weighted by Gasteiger charge is 2.11. The van der Waals surface area contributed by atoms with Crippen LogP contribution in [0.15, 0.2) is 66.4 Å². The van der Waals surface area contributed by atoms with E-state index in [2.05, 4.69) is 5.32 Å². The number of hydrogen-bond acceptors (Lipinski definition) is 4. The fourth-order valence-corrected chi connectivity index (χ4v) is 1.85. The second-order valence-electron chi connectivity index (χ2n) is 4.60. The van der Waals surface area contributed by atoms with Gasteiger partial charge >= 0.3 is 5.97 Å². The quantitative estimate of drug-likeness (QED) is 0.497. The number of rotatable bonds is 6. The molecule has 0 aliphatic rings. The molecule has 0 spiro atoms. The first-order valence-corrected chi connectivity index (χ1v) is 7.09. The minimum Gasteiger partial charge on any atom is -0.497 e. The Hall–Kier alpha value is -2.75.